The molecule has 0 aliphatic carbocycles. The highest BCUT2D eigenvalue weighted by atomic mass is 32.2. The molecular formula is C12H18N2O2S. The molecule has 1 N–H and O–H groups in total. The third-order valence-corrected chi connectivity index (χ3v) is 4.15. The number of hydrogen-bond acceptors (Lipinski definition) is 5. The van der Waals surface area contributed by atoms with E-state index < -0.39 is 6.10 Å². The molecular weight excluding hydrogens is 236 g/mol. The lowest BCUT2D eigenvalue weighted by atomic mass is 9.94. The van der Waals surface area contributed by atoms with Crippen LogP contribution in [0.1, 0.15) is 31.1 Å². The summed E-state index contributed by atoms with van der Waals surface area (Å²) in [6.07, 6.45) is 5.74. The van der Waals surface area contributed by atoms with Crippen molar-refractivity contribution in [2.24, 2.45) is 5.92 Å². The highest BCUT2D eigenvalue weighted by Gasteiger charge is 2.22. The third-order valence-electron chi connectivity index (χ3n) is 3.10. The minimum absolute atomic E-state index is 0.435. The largest absolute Gasteiger partial charge is 0.480 e. The lowest BCUT2D eigenvalue weighted by Crippen LogP contribution is -2.15. The Morgan fingerprint density at radius 2 is 2.12 bits per heavy atom. The Labute approximate surface area is 106 Å². The SMILES string of the molecule is COc1nccnc1C(O)CC1CCSCC1. The maximum absolute atomic E-state index is 10.2. The Morgan fingerprint density at radius 1 is 1.41 bits per heavy atom. The van der Waals surface area contributed by atoms with Crippen molar-refractivity contribution in [3.8, 4) is 5.88 Å². The van der Waals surface area contributed by atoms with Crippen LogP contribution in [0.3, 0.4) is 0 Å². The van der Waals surface area contributed by atoms with Gasteiger partial charge in [0.25, 0.3) is 0 Å². The van der Waals surface area contributed by atoms with E-state index in [0.29, 0.717) is 17.5 Å². The molecule has 1 aliphatic heterocycles. The number of aliphatic hydroxyl groups excluding tert-OH is 1. The molecule has 4 nitrogen and oxygen atoms in total. The monoisotopic (exact) mass is 254 g/mol. The van der Waals surface area contributed by atoms with Crippen LogP contribution in [0.5, 0.6) is 5.88 Å². The van der Waals surface area contributed by atoms with Crippen LogP contribution in [-0.2, 0) is 0 Å². The maximum Gasteiger partial charge on any atom is 0.238 e. The van der Waals surface area contributed by atoms with E-state index in [1.807, 2.05) is 11.8 Å². The van der Waals surface area contributed by atoms with Gasteiger partial charge in [-0.1, -0.05) is 0 Å². The number of nitrogens with zero attached hydrogens (tertiary/aromatic N) is 2. The van der Waals surface area contributed by atoms with Crippen LogP contribution in [0, 0.1) is 5.92 Å². The predicted molar refractivity (Wildman–Crippen MR) is 68.2 cm³/mol. The van der Waals surface area contributed by atoms with Gasteiger partial charge in [0, 0.05) is 12.4 Å². The fourth-order valence-electron chi connectivity index (χ4n) is 2.13. The number of ether oxygens (including phenoxy) is 1. The number of aliphatic hydroxyl groups is 1. The second-order valence-electron chi connectivity index (χ2n) is 4.26. The number of methoxy groups -OCH3 is 1. The molecule has 1 aromatic rings. The van der Waals surface area contributed by atoms with Gasteiger partial charge in [-0.3, -0.25) is 4.98 Å². The topological polar surface area (TPSA) is 55.2 Å². The Balaban J connectivity index is 2.00. The first-order valence-electron chi connectivity index (χ1n) is 5.92. The number of rotatable bonds is 4. The second kappa shape index (κ2) is 6.21. The quantitative estimate of drug-likeness (QED) is 0.891. The maximum atomic E-state index is 10.2. The standard InChI is InChI=1S/C12H18N2O2S/c1-16-12-11(13-4-5-14-12)10(15)8-9-2-6-17-7-3-9/h4-5,9-10,15H,2-3,6-8H2,1H3. The molecule has 0 spiro atoms. The van der Waals surface area contributed by atoms with Gasteiger partial charge in [0.05, 0.1) is 7.11 Å². The smallest absolute Gasteiger partial charge is 0.238 e. The van der Waals surface area contributed by atoms with Crippen molar-refractivity contribution in [2.45, 2.75) is 25.4 Å². The van der Waals surface area contributed by atoms with Crippen molar-refractivity contribution >= 4 is 11.8 Å². The average Bonchev–Trinajstić information content (AvgIpc) is 2.40. The first-order chi connectivity index (χ1) is 8.31. The summed E-state index contributed by atoms with van der Waals surface area (Å²) in [7, 11) is 1.55. The van der Waals surface area contributed by atoms with Crippen LogP contribution < -0.4 is 4.74 Å². The Bertz CT molecular complexity index is 356. The molecule has 2 rings (SSSR count). The summed E-state index contributed by atoms with van der Waals surface area (Å²) in [6.45, 7) is 0. The van der Waals surface area contributed by atoms with Gasteiger partial charge in [-0.05, 0) is 36.7 Å². The minimum atomic E-state index is -0.563. The first kappa shape index (κ1) is 12.6. The summed E-state index contributed by atoms with van der Waals surface area (Å²) < 4.78 is 5.12. The summed E-state index contributed by atoms with van der Waals surface area (Å²) in [4.78, 5) is 8.23. The van der Waals surface area contributed by atoms with Gasteiger partial charge in [-0.15, -0.1) is 0 Å². The van der Waals surface area contributed by atoms with Crippen LogP contribution in [0.2, 0.25) is 0 Å². The average molecular weight is 254 g/mol. The van der Waals surface area contributed by atoms with Crippen molar-refractivity contribution in [3.05, 3.63) is 18.1 Å². The molecule has 1 saturated heterocycles. The lowest BCUT2D eigenvalue weighted by molar-refractivity contribution is 0.132. The van der Waals surface area contributed by atoms with Gasteiger partial charge in [0.1, 0.15) is 11.8 Å². The van der Waals surface area contributed by atoms with Gasteiger partial charge in [0.2, 0.25) is 5.88 Å². The molecule has 5 heteroatoms. The Hall–Kier alpha value is -0.810. The second-order valence-corrected chi connectivity index (χ2v) is 5.48. The van der Waals surface area contributed by atoms with Gasteiger partial charge in [0.15, 0.2) is 0 Å². The number of thioether (sulfide) groups is 1. The molecule has 0 bridgehead atoms. The molecule has 0 saturated carbocycles. The number of aromatic nitrogens is 2. The Kier molecular flexibility index (Phi) is 4.62. The van der Waals surface area contributed by atoms with Crippen molar-refractivity contribution in [1.29, 1.82) is 0 Å². The van der Waals surface area contributed by atoms with Gasteiger partial charge >= 0.3 is 0 Å². The van der Waals surface area contributed by atoms with E-state index in [4.69, 9.17) is 4.74 Å². The minimum Gasteiger partial charge on any atom is -0.480 e. The molecule has 1 atom stereocenters. The lowest BCUT2D eigenvalue weighted by Gasteiger charge is -2.23. The van der Waals surface area contributed by atoms with E-state index in [1.54, 1.807) is 19.5 Å². The highest BCUT2D eigenvalue weighted by Crippen LogP contribution is 2.32. The van der Waals surface area contributed by atoms with Crippen LogP contribution in [0.4, 0.5) is 0 Å². The van der Waals surface area contributed by atoms with Crippen molar-refractivity contribution in [3.63, 3.8) is 0 Å². The molecule has 0 aromatic carbocycles. The van der Waals surface area contributed by atoms with E-state index in [9.17, 15) is 5.11 Å². The van der Waals surface area contributed by atoms with Crippen molar-refractivity contribution < 1.29 is 9.84 Å². The zero-order chi connectivity index (χ0) is 12.1. The van der Waals surface area contributed by atoms with E-state index in [-0.39, 0.29) is 0 Å². The van der Waals surface area contributed by atoms with Crippen molar-refractivity contribution in [1.82, 2.24) is 9.97 Å². The number of hydrogen-bond donors (Lipinski definition) is 1. The molecule has 1 aliphatic rings. The predicted octanol–water partition coefficient (Wildman–Crippen LogP) is 2.05. The van der Waals surface area contributed by atoms with Crippen molar-refractivity contribution in [2.75, 3.05) is 18.6 Å². The van der Waals surface area contributed by atoms with Gasteiger partial charge in [-0.25, -0.2) is 4.98 Å². The summed E-state index contributed by atoms with van der Waals surface area (Å²) >= 11 is 1.99. The van der Waals surface area contributed by atoms with Crippen LogP contribution in [0.25, 0.3) is 0 Å². The fraction of sp³-hybridized carbons (Fsp3) is 0.667. The molecule has 1 unspecified atom stereocenters. The van der Waals surface area contributed by atoms with Crippen LogP contribution in [-0.4, -0.2) is 33.7 Å². The van der Waals surface area contributed by atoms with E-state index in [0.717, 1.165) is 6.42 Å². The summed E-state index contributed by atoms with van der Waals surface area (Å²) in [5.41, 5.74) is 0.563. The van der Waals surface area contributed by atoms with E-state index >= 15 is 0 Å². The molecule has 94 valence electrons. The van der Waals surface area contributed by atoms with E-state index in [1.165, 1.54) is 24.3 Å². The third kappa shape index (κ3) is 3.33. The van der Waals surface area contributed by atoms with Crippen LogP contribution in [0.15, 0.2) is 12.4 Å². The summed E-state index contributed by atoms with van der Waals surface area (Å²) in [5.74, 6) is 3.44. The fourth-order valence-corrected chi connectivity index (χ4v) is 3.34. The molecule has 0 radical (unpaired) electrons. The normalized spacial score (nSPS) is 18.9. The van der Waals surface area contributed by atoms with Crippen LogP contribution >= 0.6 is 11.8 Å². The molecule has 17 heavy (non-hydrogen) atoms. The van der Waals surface area contributed by atoms with Gasteiger partial charge < -0.3 is 9.84 Å². The summed E-state index contributed by atoms with van der Waals surface area (Å²) in [5, 5.41) is 10.2. The van der Waals surface area contributed by atoms with Gasteiger partial charge in [-0.2, -0.15) is 11.8 Å². The first-order valence-corrected chi connectivity index (χ1v) is 7.07. The zero-order valence-electron chi connectivity index (χ0n) is 10.0. The summed E-state index contributed by atoms with van der Waals surface area (Å²) in [6, 6.07) is 0. The van der Waals surface area contributed by atoms with E-state index in [2.05, 4.69) is 9.97 Å². The zero-order valence-corrected chi connectivity index (χ0v) is 10.8. The molecule has 2 heterocycles. The molecule has 0 amide bonds. The molecule has 1 aromatic heterocycles. The highest BCUT2D eigenvalue weighted by molar-refractivity contribution is 7.99. The Morgan fingerprint density at radius 3 is 2.82 bits per heavy atom. The molecule has 1 fully saturated rings.